The Morgan fingerprint density at radius 1 is 1.00 bits per heavy atom. The number of alkyl halides is 6. The molecule has 2 aromatic heterocycles. The average Bonchev–Trinajstić information content (AvgIpc) is 3.40. The third kappa shape index (κ3) is 7.81. The highest BCUT2D eigenvalue weighted by Gasteiger charge is 2.42. The van der Waals surface area contributed by atoms with Gasteiger partial charge in [0.25, 0.3) is 11.5 Å². The standard InChI is InChI=1S/C30H33F6N7O5/c1-17(40-21-13-39-43(27(46)25(21)30(34,35)36)14-18-3-5-20(47-2)6-4-18)16-48-24-8-10-42(26(24)45)22-7-9-41(15-23(22)44)28-37-11-19(12-38-28)29(31,32)33/h3-6,11-13,17,22-24,40,44H,7-10,14-16H2,1-2H3/t17?,22-,23-,24?/m1/s1. The molecule has 3 aromatic rings. The normalized spacial score (nSPS) is 21.0. The Hall–Kier alpha value is -4.45. The minimum atomic E-state index is -4.98. The number of nitrogens with zero attached hydrogens (tertiary/aromatic N) is 6. The zero-order valence-electron chi connectivity index (χ0n) is 25.8. The highest BCUT2D eigenvalue weighted by atomic mass is 19.4. The molecule has 0 spiro atoms. The number of nitrogens with one attached hydrogen (secondary N) is 1. The second kappa shape index (κ2) is 14.0. The van der Waals surface area contributed by atoms with Gasteiger partial charge in [0.2, 0.25) is 5.95 Å². The van der Waals surface area contributed by atoms with Crippen molar-refractivity contribution in [2.24, 2.45) is 0 Å². The van der Waals surface area contributed by atoms with Crippen molar-refractivity contribution in [1.29, 1.82) is 0 Å². The van der Waals surface area contributed by atoms with Crippen molar-refractivity contribution in [3.8, 4) is 5.75 Å². The molecule has 1 aromatic carbocycles. The maximum atomic E-state index is 14.0. The smallest absolute Gasteiger partial charge is 0.423 e. The molecule has 260 valence electrons. The lowest BCUT2D eigenvalue weighted by Crippen LogP contribution is -2.55. The summed E-state index contributed by atoms with van der Waals surface area (Å²) >= 11 is 0. The van der Waals surface area contributed by atoms with Crippen molar-refractivity contribution in [2.75, 3.05) is 43.6 Å². The van der Waals surface area contributed by atoms with E-state index in [9.17, 15) is 41.0 Å². The Morgan fingerprint density at radius 3 is 2.29 bits per heavy atom. The summed E-state index contributed by atoms with van der Waals surface area (Å²) in [6.45, 7) is 1.68. The Balaban J connectivity index is 1.16. The van der Waals surface area contributed by atoms with Crippen LogP contribution in [0.15, 0.2) is 47.7 Å². The summed E-state index contributed by atoms with van der Waals surface area (Å²) in [6, 6.07) is 5.10. The van der Waals surface area contributed by atoms with Crippen LogP contribution in [0.3, 0.4) is 0 Å². The number of ether oxygens (including phenoxy) is 2. The molecule has 2 saturated heterocycles. The second-order valence-electron chi connectivity index (χ2n) is 11.6. The number of hydrogen-bond donors (Lipinski definition) is 2. The van der Waals surface area contributed by atoms with Crippen LogP contribution in [0, 0.1) is 0 Å². The van der Waals surface area contributed by atoms with Crippen molar-refractivity contribution in [1.82, 2.24) is 24.6 Å². The molecule has 2 N–H and O–H groups in total. The number of piperidine rings is 1. The number of aliphatic hydroxyl groups is 1. The van der Waals surface area contributed by atoms with E-state index in [1.807, 2.05) is 0 Å². The molecule has 2 aliphatic heterocycles. The number of carbonyl (C=O) groups is 1. The maximum absolute atomic E-state index is 14.0. The molecule has 0 aliphatic carbocycles. The SMILES string of the molecule is COc1ccc(Cn2ncc(NC(C)COC3CCN([C@@H]4CCN(c5ncc(C(F)(F)F)cn5)C[C@H]4O)C3=O)c(C(F)(F)F)c2=O)cc1. The zero-order chi connectivity index (χ0) is 34.8. The zero-order valence-corrected chi connectivity index (χ0v) is 25.8. The maximum Gasteiger partial charge on any atom is 0.423 e. The number of halogens is 6. The van der Waals surface area contributed by atoms with Crippen LogP contribution in [-0.2, 0) is 28.4 Å². The molecule has 1 amide bonds. The van der Waals surface area contributed by atoms with Gasteiger partial charge in [-0.2, -0.15) is 31.4 Å². The number of rotatable bonds is 10. The fourth-order valence-electron chi connectivity index (χ4n) is 5.71. The number of β-amino-alcohol motifs (C(OH)–C–C–N with tert-alkyl or cyclic N) is 1. The monoisotopic (exact) mass is 685 g/mol. The number of benzene rings is 1. The van der Waals surface area contributed by atoms with Crippen LogP contribution < -0.4 is 20.5 Å². The highest BCUT2D eigenvalue weighted by molar-refractivity contribution is 5.83. The third-order valence-electron chi connectivity index (χ3n) is 8.15. The summed E-state index contributed by atoms with van der Waals surface area (Å²) < 4.78 is 92.2. The molecule has 0 bridgehead atoms. The molecule has 2 aliphatic rings. The van der Waals surface area contributed by atoms with Crippen LogP contribution >= 0.6 is 0 Å². The molecule has 12 nitrogen and oxygen atoms in total. The molecule has 4 heterocycles. The first-order valence-electron chi connectivity index (χ1n) is 15.0. The summed E-state index contributed by atoms with van der Waals surface area (Å²) in [6.07, 6.45) is -8.69. The lowest BCUT2D eigenvalue weighted by Gasteiger charge is -2.40. The van der Waals surface area contributed by atoms with E-state index in [1.165, 1.54) is 23.8 Å². The van der Waals surface area contributed by atoms with Crippen LogP contribution in [0.4, 0.5) is 38.0 Å². The molecule has 48 heavy (non-hydrogen) atoms. The number of aromatic nitrogens is 4. The first kappa shape index (κ1) is 34.9. The molecule has 2 fully saturated rings. The predicted octanol–water partition coefficient (Wildman–Crippen LogP) is 3.19. The molecule has 18 heteroatoms. The van der Waals surface area contributed by atoms with Crippen LogP contribution in [0.2, 0.25) is 0 Å². The van der Waals surface area contributed by atoms with E-state index in [0.717, 1.165) is 10.9 Å². The summed E-state index contributed by atoms with van der Waals surface area (Å²) in [7, 11) is 1.47. The van der Waals surface area contributed by atoms with Crippen molar-refractivity contribution >= 4 is 17.5 Å². The van der Waals surface area contributed by atoms with E-state index >= 15 is 0 Å². The summed E-state index contributed by atoms with van der Waals surface area (Å²) in [5.41, 5.74) is -3.72. The minimum absolute atomic E-state index is 0.0132. The quantitative estimate of drug-likeness (QED) is 0.307. The van der Waals surface area contributed by atoms with Gasteiger partial charge in [0.15, 0.2) is 0 Å². The Kier molecular flexibility index (Phi) is 10.1. The highest BCUT2D eigenvalue weighted by Crippen LogP contribution is 2.33. The molecule has 4 atom stereocenters. The molecule has 0 saturated carbocycles. The first-order chi connectivity index (χ1) is 22.7. The van der Waals surface area contributed by atoms with Gasteiger partial charge in [-0.05, 0) is 31.0 Å². The number of anilines is 2. The van der Waals surface area contributed by atoms with Crippen molar-refractivity contribution in [2.45, 2.75) is 63.0 Å². The van der Waals surface area contributed by atoms with E-state index in [2.05, 4.69) is 20.4 Å². The molecule has 2 unspecified atom stereocenters. The second-order valence-corrected chi connectivity index (χ2v) is 11.6. The number of carbonyl (C=O) groups excluding carboxylic acids is 1. The number of aliphatic hydroxyl groups excluding tert-OH is 1. The van der Waals surface area contributed by atoms with Crippen molar-refractivity contribution in [3.05, 3.63) is 69.9 Å². The van der Waals surface area contributed by atoms with Gasteiger partial charge in [0.05, 0.1) is 49.9 Å². The average molecular weight is 686 g/mol. The van der Waals surface area contributed by atoms with E-state index in [0.29, 0.717) is 30.1 Å². The van der Waals surface area contributed by atoms with Crippen molar-refractivity contribution in [3.63, 3.8) is 0 Å². The number of methoxy groups -OCH3 is 1. The van der Waals surface area contributed by atoms with Gasteiger partial charge < -0.3 is 29.7 Å². The van der Waals surface area contributed by atoms with Gasteiger partial charge in [-0.3, -0.25) is 9.59 Å². The van der Waals surface area contributed by atoms with Gasteiger partial charge in [-0.15, -0.1) is 0 Å². The number of hydrogen-bond acceptors (Lipinski definition) is 10. The van der Waals surface area contributed by atoms with Gasteiger partial charge in [0, 0.05) is 44.5 Å². The van der Waals surface area contributed by atoms with Crippen molar-refractivity contribution < 1.29 is 45.7 Å². The van der Waals surface area contributed by atoms with E-state index in [1.54, 1.807) is 24.3 Å². The third-order valence-corrected chi connectivity index (χ3v) is 8.15. The van der Waals surface area contributed by atoms with Crippen LogP contribution in [0.5, 0.6) is 5.75 Å². The van der Waals surface area contributed by atoms with E-state index < -0.39 is 64.9 Å². The van der Waals surface area contributed by atoms with Gasteiger partial charge >= 0.3 is 12.4 Å². The Labute approximate surface area is 270 Å². The van der Waals surface area contributed by atoms with Crippen LogP contribution in [0.25, 0.3) is 0 Å². The lowest BCUT2D eigenvalue weighted by molar-refractivity contribution is -0.141. The Bertz CT molecular complexity index is 1640. The summed E-state index contributed by atoms with van der Waals surface area (Å²) in [5.74, 6) is 0.171. The topological polar surface area (TPSA) is 135 Å². The first-order valence-corrected chi connectivity index (χ1v) is 15.0. The number of amides is 1. The van der Waals surface area contributed by atoms with Gasteiger partial charge in [-0.1, -0.05) is 12.1 Å². The summed E-state index contributed by atoms with van der Waals surface area (Å²) in [4.78, 5) is 36.6. The summed E-state index contributed by atoms with van der Waals surface area (Å²) in [5, 5.41) is 17.4. The minimum Gasteiger partial charge on any atom is -0.497 e. The molecule has 5 rings (SSSR count). The Morgan fingerprint density at radius 2 is 1.69 bits per heavy atom. The van der Waals surface area contributed by atoms with E-state index in [-0.39, 0.29) is 45.2 Å². The predicted molar refractivity (Wildman–Crippen MR) is 158 cm³/mol. The molecular formula is C30H33F6N7O5. The fraction of sp³-hybridized carbons (Fsp3) is 0.500. The number of likely N-dealkylation sites (tertiary alicyclic amines) is 1. The molecular weight excluding hydrogens is 652 g/mol. The van der Waals surface area contributed by atoms with Crippen LogP contribution in [-0.4, -0.2) is 93.3 Å². The fourth-order valence-corrected chi connectivity index (χ4v) is 5.71. The largest absolute Gasteiger partial charge is 0.497 e. The van der Waals surface area contributed by atoms with Gasteiger partial charge in [0.1, 0.15) is 17.4 Å². The molecule has 0 radical (unpaired) electrons. The lowest BCUT2D eigenvalue weighted by atomic mass is 10.0. The van der Waals surface area contributed by atoms with E-state index in [4.69, 9.17) is 9.47 Å². The van der Waals surface area contributed by atoms with Gasteiger partial charge in [-0.25, -0.2) is 14.6 Å². The van der Waals surface area contributed by atoms with Crippen LogP contribution in [0.1, 0.15) is 36.5 Å².